The molecule has 2 N–H and O–H groups in total. The quantitative estimate of drug-likeness (QED) is 0.520. The fourth-order valence-corrected chi connectivity index (χ4v) is 2.91. The summed E-state index contributed by atoms with van der Waals surface area (Å²) in [7, 11) is 0. The van der Waals surface area contributed by atoms with E-state index in [-0.39, 0.29) is 5.91 Å². The summed E-state index contributed by atoms with van der Waals surface area (Å²) in [6.45, 7) is 8.52. The maximum absolute atomic E-state index is 11.1. The fraction of sp³-hybridized carbons (Fsp3) is 0.0476. The summed E-state index contributed by atoms with van der Waals surface area (Å²) in [5.74, 6) is -0.100. The first-order chi connectivity index (χ1) is 13.1. The average Bonchev–Trinajstić information content (AvgIpc) is 3.11. The van der Waals surface area contributed by atoms with E-state index >= 15 is 0 Å². The van der Waals surface area contributed by atoms with Gasteiger partial charge in [0.1, 0.15) is 5.69 Å². The van der Waals surface area contributed by atoms with Crippen LogP contribution in [0.15, 0.2) is 60.7 Å². The van der Waals surface area contributed by atoms with Gasteiger partial charge in [-0.05, 0) is 24.3 Å². The number of aromatic nitrogens is 3. The number of aromatic amines is 1. The molecule has 4 rings (SSSR count). The Balaban J connectivity index is 1.67. The van der Waals surface area contributed by atoms with E-state index < -0.39 is 0 Å². The van der Waals surface area contributed by atoms with E-state index in [1.807, 2.05) is 48.5 Å². The minimum absolute atomic E-state index is 0.100. The molecule has 0 fully saturated rings. The van der Waals surface area contributed by atoms with Crippen molar-refractivity contribution >= 4 is 28.3 Å². The van der Waals surface area contributed by atoms with E-state index in [0.717, 1.165) is 33.6 Å². The Morgan fingerprint density at radius 2 is 1.70 bits per heavy atom. The maximum atomic E-state index is 11.1. The van der Waals surface area contributed by atoms with Gasteiger partial charge in [-0.25, -0.2) is 9.83 Å². The lowest BCUT2D eigenvalue weighted by Crippen LogP contribution is -2.05. The molecule has 2 aromatic carbocycles. The van der Waals surface area contributed by atoms with Crippen molar-refractivity contribution in [1.82, 2.24) is 15.2 Å². The number of benzene rings is 2. The second-order valence-electron chi connectivity index (χ2n) is 6.08. The van der Waals surface area contributed by atoms with Crippen LogP contribution in [0.25, 0.3) is 38.4 Å². The zero-order chi connectivity index (χ0) is 18.8. The average molecular weight is 353 g/mol. The Labute approximate surface area is 155 Å². The van der Waals surface area contributed by atoms with Crippen LogP contribution in [0.3, 0.4) is 0 Å². The number of nitrogens with zero attached hydrogens (tertiary/aromatic N) is 3. The van der Waals surface area contributed by atoms with Gasteiger partial charge >= 0.3 is 0 Å². The molecule has 4 aromatic rings. The maximum Gasteiger partial charge on any atom is 0.221 e. The number of H-pyrrole nitrogens is 1. The number of carbonyl (C=O) groups excluding carboxylic acids is 1. The lowest BCUT2D eigenvalue weighted by atomic mass is 10.1. The summed E-state index contributed by atoms with van der Waals surface area (Å²) in [4.78, 5) is 19.2. The van der Waals surface area contributed by atoms with Gasteiger partial charge in [0.2, 0.25) is 5.91 Å². The molecule has 0 radical (unpaired) electrons. The first-order valence-corrected chi connectivity index (χ1v) is 8.35. The Morgan fingerprint density at radius 3 is 2.37 bits per heavy atom. The molecular weight excluding hydrogens is 338 g/mol. The van der Waals surface area contributed by atoms with Gasteiger partial charge in [0, 0.05) is 29.1 Å². The van der Waals surface area contributed by atoms with Crippen LogP contribution >= 0.6 is 0 Å². The smallest absolute Gasteiger partial charge is 0.221 e. The summed E-state index contributed by atoms with van der Waals surface area (Å²) in [5.41, 5.74) is 5.55. The third-order valence-electron chi connectivity index (χ3n) is 4.19. The molecular formula is C21H15N5O. The van der Waals surface area contributed by atoms with E-state index in [2.05, 4.69) is 25.3 Å². The molecule has 0 aliphatic carbocycles. The normalized spacial score (nSPS) is 10.5. The lowest BCUT2D eigenvalue weighted by molar-refractivity contribution is -0.114. The summed E-state index contributed by atoms with van der Waals surface area (Å²) in [5, 5.41) is 11.0. The van der Waals surface area contributed by atoms with Crippen molar-refractivity contribution in [3.05, 3.63) is 72.1 Å². The van der Waals surface area contributed by atoms with E-state index in [1.54, 1.807) is 12.1 Å². The van der Waals surface area contributed by atoms with Crippen LogP contribution in [-0.2, 0) is 4.79 Å². The van der Waals surface area contributed by atoms with Crippen LogP contribution in [0.2, 0.25) is 0 Å². The van der Waals surface area contributed by atoms with Crippen LogP contribution in [0.1, 0.15) is 6.92 Å². The molecule has 0 aliphatic heterocycles. The van der Waals surface area contributed by atoms with Gasteiger partial charge in [0.05, 0.1) is 12.3 Å². The topological polar surface area (TPSA) is 75.0 Å². The molecule has 2 heterocycles. The molecule has 0 aliphatic rings. The predicted molar refractivity (Wildman–Crippen MR) is 105 cm³/mol. The minimum Gasteiger partial charge on any atom is -0.326 e. The predicted octanol–water partition coefficient (Wildman–Crippen LogP) is 4.80. The Kier molecular flexibility index (Phi) is 4.11. The minimum atomic E-state index is -0.100. The van der Waals surface area contributed by atoms with E-state index in [1.165, 1.54) is 6.92 Å². The number of rotatable bonds is 3. The summed E-state index contributed by atoms with van der Waals surface area (Å²) in [6.07, 6.45) is 0. The molecule has 0 saturated heterocycles. The van der Waals surface area contributed by atoms with Crippen molar-refractivity contribution in [2.24, 2.45) is 0 Å². The summed E-state index contributed by atoms with van der Waals surface area (Å²) < 4.78 is 0. The number of nitrogens with one attached hydrogen (secondary N) is 2. The van der Waals surface area contributed by atoms with Crippen LogP contribution < -0.4 is 5.32 Å². The molecule has 27 heavy (non-hydrogen) atoms. The van der Waals surface area contributed by atoms with Crippen molar-refractivity contribution in [3.8, 4) is 22.5 Å². The molecule has 6 heteroatoms. The summed E-state index contributed by atoms with van der Waals surface area (Å²) >= 11 is 0. The second-order valence-corrected chi connectivity index (χ2v) is 6.08. The third kappa shape index (κ3) is 3.26. The zero-order valence-electron chi connectivity index (χ0n) is 14.5. The van der Waals surface area contributed by atoms with Crippen molar-refractivity contribution in [2.75, 3.05) is 5.32 Å². The van der Waals surface area contributed by atoms with Crippen LogP contribution in [0.5, 0.6) is 0 Å². The van der Waals surface area contributed by atoms with Gasteiger partial charge in [-0.2, -0.15) is 5.10 Å². The summed E-state index contributed by atoms with van der Waals surface area (Å²) in [6, 6.07) is 18.8. The van der Waals surface area contributed by atoms with Gasteiger partial charge in [-0.3, -0.25) is 9.89 Å². The molecule has 0 bridgehead atoms. The van der Waals surface area contributed by atoms with E-state index in [4.69, 9.17) is 6.57 Å². The Hall–Kier alpha value is -3.98. The van der Waals surface area contributed by atoms with Gasteiger partial charge in [0.25, 0.3) is 0 Å². The third-order valence-corrected chi connectivity index (χ3v) is 4.19. The van der Waals surface area contributed by atoms with Gasteiger partial charge in [-0.1, -0.05) is 36.4 Å². The highest BCUT2D eigenvalue weighted by Gasteiger charge is 2.11. The number of carbonyl (C=O) groups is 1. The molecule has 1 amide bonds. The number of fused-ring (bicyclic) bond motifs is 1. The van der Waals surface area contributed by atoms with Gasteiger partial charge in [-0.15, -0.1) is 0 Å². The number of hydrogen-bond acceptors (Lipinski definition) is 3. The van der Waals surface area contributed by atoms with Crippen LogP contribution in [-0.4, -0.2) is 21.1 Å². The first-order valence-electron chi connectivity index (χ1n) is 8.35. The van der Waals surface area contributed by atoms with Crippen molar-refractivity contribution in [3.63, 3.8) is 0 Å². The van der Waals surface area contributed by atoms with Gasteiger partial charge in [0.15, 0.2) is 11.3 Å². The molecule has 2 aromatic heterocycles. The van der Waals surface area contributed by atoms with Crippen LogP contribution in [0.4, 0.5) is 11.4 Å². The number of pyridine rings is 1. The fourth-order valence-electron chi connectivity index (χ4n) is 2.91. The standard InChI is InChI=1S/C21H15N5O/c1-13(27)23-17-9-3-14(4-10-17)19-12-11-18-20(25-26-21(18)24-19)15-5-7-16(22-2)8-6-15/h3-12H,1H3,(H,23,27)(H,24,25,26). The Morgan fingerprint density at radius 1 is 1.00 bits per heavy atom. The number of hydrogen-bond donors (Lipinski definition) is 2. The van der Waals surface area contributed by atoms with Crippen molar-refractivity contribution in [2.45, 2.75) is 6.92 Å². The number of amides is 1. The van der Waals surface area contributed by atoms with Crippen LogP contribution in [0, 0.1) is 6.57 Å². The van der Waals surface area contributed by atoms with E-state index in [9.17, 15) is 4.79 Å². The second kappa shape index (κ2) is 6.73. The largest absolute Gasteiger partial charge is 0.326 e. The zero-order valence-corrected chi connectivity index (χ0v) is 14.5. The van der Waals surface area contributed by atoms with Gasteiger partial charge < -0.3 is 5.32 Å². The molecule has 0 spiro atoms. The SMILES string of the molecule is [C-]#[N+]c1ccc(-c2n[nH]c3nc(-c4ccc(NC(C)=O)cc4)ccc23)cc1. The highest BCUT2D eigenvalue weighted by atomic mass is 16.1. The molecule has 0 saturated carbocycles. The Bertz CT molecular complexity index is 1170. The highest BCUT2D eigenvalue weighted by Crippen LogP contribution is 2.29. The molecule has 0 unspecified atom stereocenters. The molecule has 6 nitrogen and oxygen atoms in total. The lowest BCUT2D eigenvalue weighted by Gasteiger charge is -2.05. The highest BCUT2D eigenvalue weighted by molar-refractivity contribution is 5.92. The van der Waals surface area contributed by atoms with Crippen molar-refractivity contribution < 1.29 is 4.79 Å². The molecule has 0 atom stereocenters. The van der Waals surface area contributed by atoms with Crippen molar-refractivity contribution in [1.29, 1.82) is 0 Å². The monoisotopic (exact) mass is 353 g/mol. The molecule has 130 valence electrons. The van der Waals surface area contributed by atoms with E-state index in [0.29, 0.717) is 11.3 Å². The number of anilines is 1. The first kappa shape index (κ1) is 16.5.